The van der Waals surface area contributed by atoms with Crippen molar-refractivity contribution in [3.05, 3.63) is 41.5 Å². The first-order chi connectivity index (χ1) is 11.6. The van der Waals surface area contributed by atoms with Gasteiger partial charge in [-0.1, -0.05) is 24.3 Å². The van der Waals surface area contributed by atoms with Gasteiger partial charge in [0.15, 0.2) is 0 Å². The molecule has 1 aliphatic heterocycles. The van der Waals surface area contributed by atoms with Crippen LogP contribution < -0.4 is 0 Å². The molecule has 0 radical (unpaired) electrons. The molecule has 2 aliphatic rings. The van der Waals surface area contributed by atoms with E-state index in [4.69, 9.17) is 0 Å². The topological polar surface area (TPSA) is 66.8 Å². The SMILES string of the molecule is CB(O)N1CCC2(C=C(OS(=O)(=O)C(F)(F)F)c3ccccc32)CC1. The number of hydrogen-bond donors (Lipinski definition) is 1. The van der Waals surface area contributed by atoms with Crippen LogP contribution in [0.5, 0.6) is 0 Å². The number of hydrogen-bond acceptors (Lipinski definition) is 5. The van der Waals surface area contributed by atoms with E-state index in [-0.39, 0.29) is 5.76 Å². The molecular weight excluding hydrogens is 358 g/mol. The monoisotopic (exact) mass is 375 g/mol. The molecule has 1 spiro atoms. The van der Waals surface area contributed by atoms with E-state index >= 15 is 0 Å². The van der Waals surface area contributed by atoms with Crippen molar-refractivity contribution in [2.75, 3.05) is 13.1 Å². The van der Waals surface area contributed by atoms with Crippen LogP contribution in [-0.2, 0) is 19.7 Å². The zero-order valence-corrected chi connectivity index (χ0v) is 14.3. The highest BCUT2D eigenvalue weighted by Crippen LogP contribution is 2.48. The van der Waals surface area contributed by atoms with Gasteiger partial charge in [0.25, 0.3) is 0 Å². The predicted molar refractivity (Wildman–Crippen MR) is 86.8 cm³/mol. The largest absolute Gasteiger partial charge is 0.534 e. The molecule has 1 aromatic carbocycles. The number of allylic oxidation sites excluding steroid dienone is 1. The van der Waals surface area contributed by atoms with Crippen LogP contribution in [0.25, 0.3) is 5.76 Å². The lowest BCUT2D eigenvalue weighted by atomic mass is 9.71. The van der Waals surface area contributed by atoms with Crippen molar-refractivity contribution in [2.24, 2.45) is 0 Å². The van der Waals surface area contributed by atoms with Crippen molar-refractivity contribution in [1.29, 1.82) is 0 Å². The minimum Gasteiger partial charge on any atom is -0.437 e. The Morgan fingerprint density at radius 3 is 2.40 bits per heavy atom. The van der Waals surface area contributed by atoms with Crippen molar-refractivity contribution < 1.29 is 30.8 Å². The molecule has 0 bridgehead atoms. The lowest BCUT2D eigenvalue weighted by Crippen LogP contribution is -2.47. The van der Waals surface area contributed by atoms with Crippen molar-refractivity contribution in [2.45, 2.75) is 30.6 Å². The van der Waals surface area contributed by atoms with Gasteiger partial charge in [0, 0.05) is 11.0 Å². The first kappa shape index (κ1) is 18.3. The Labute approximate surface area is 144 Å². The van der Waals surface area contributed by atoms with Crippen LogP contribution in [0.2, 0.25) is 6.82 Å². The summed E-state index contributed by atoms with van der Waals surface area (Å²) in [5.41, 5.74) is -4.94. The minimum atomic E-state index is -5.72. The van der Waals surface area contributed by atoms with Gasteiger partial charge in [-0.25, -0.2) is 0 Å². The third kappa shape index (κ3) is 3.18. The summed E-state index contributed by atoms with van der Waals surface area (Å²) < 4.78 is 65.2. The van der Waals surface area contributed by atoms with E-state index < -0.39 is 28.1 Å². The third-order valence-electron chi connectivity index (χ3n) is 4.84. The second-order valence-electron chi connectivity index (χ2n) is 6.36. The normalized spacial score (nSPS) is 20.3. The Bertz CT molecular complexity index is 799. The number of rotatable bonds is 3. The molecule has 0 unspecified atom stereocenters. The number of piperidine rings is 1. The molecule has 1 saturated heterocycles. The Hall–Kier alpha value is -1.52. The highest BCUT2D eigenvalue weighted by atomic mass is 32.2. The van der Waals surface area contributed by atoms with Crippen LogP contribution in [0.15, 0.2) is 30.3 Å². The molecule has 136 valence electrons. The summed E-state index contributed by atoms with van der Waals surface area (Å²) in [6.07, 6.45) is 2.59. The van der Waals surface area contributed by atoms with Crippen molar-refractivity contribution in [3.63, 3.8) is 0 Å². The van der Waals surface area contributed by atoms with Gasteiger partial charge in [-0.3, -0.25) is 0 Å². The molecule has 5 nitrogen and oxygen atoms in total. The highest BCUT2D eigenvalue weighted by molar-refractivity contribution is 7.87. The molecule has 1 heterocycles. The molecule has 0 aromatic heterocycles. The molecule has 1 aliphatic carbocycles. The Kier molecular flexibility index (Phi) is 4.41. The summed E-state index contributed by atoms with van der Waals surface area (Å²) in [5.74, 6) is -0.279. The van der Waals surface area contributed by atoms with E-state index in [1.807, 2.05) is 4.81 Å². The standard InChI is InChI=1S/C15H17BF3NO4S/c1-16(21)20-8-6-14(7-9-20)10-13(11-4-2-3-5-12(11)14)24-25(22,23)15(17,18)19/h2-5,10,21H,6-9H2,1H3. The summed E-state index contributed by atoms with van der Waals surface area (Å²) in [4.78, 5) is 1.85. The lowest BCUT2D eigenvalue weighted by Gasteiger charge is -2.39. The predicted octanol–water partition coefficient (Wildman–Crippen LogP) is 2.35. The number of benzene rings is 1. The molecule has 10 heteroatoms. The number of fused-ring (bicyclic) bond motifs is 2. The van der Waals surface area contributed by atoms with Crippen LogP contribution in [0.4, 0.5) is 13.2 Å². The van der Waals surface area contributed by atoms with Gasteiger partial charge in [-0.15, -0.1) is 0 Å². The molecule has 1 aromatic rings. The first-order valence-corrected chi connectivity index (χ1v) is 9.22. The number of halogens is 3. The van der Waals surface area contributed by atoms with Crippen LogP contribution in [0.1, 0.15) is 24.0 Å². The van der Waals surface area contributed by atoms with E-state index in [2.05, 4.69) is 4.18 Å². The van der Waals surface area contributed by atoms with Gasteiger partial charge >= 0.3 is 22.7 Å². The minimum absolute atomic E-state index is 0.279. The number of alkyl halides is 3. The smallest absolute Gasteiger partial charge is 0.437 e. The van der Waals surface area contributed by atoms with Gasteiger partial charge in [-0.05, 0) is 44.4 Å². The van der Waals surface area contributed by atoms with E-state index in [0.29, 0.717) is 31.5 Å². The maximum atomic E-state index is 12.7. The fourth-order valence-electron chi connectivity index (χ4n) is 3.48. The fourth-order valence-corrected chi connectivity index (χ4v) is 3.95. The Morgan fingerprint density at radius 1 is 1.24 bits per heavy atom. The Morgan fingerprint density at radius 2 is 1.84 bits per heavy atom. The van der Waals surface area contributed by atoms with E-state index in [0.717, 1.165) is 5.56 Å². The Balaban J connectivity index is 1.96. The van der Waals surface area contributed by atoms with E-state index in [1.165, 1.54) is 6.08 Å². The molecule has 1 N–H and O–H groups in total. The maximum Gasteiger partial charge on any atom is 0.534 e. The van der Waals surface area contributed by atoms with Gasteiger partial charge in [-0.2, -0.15) is 21.6 Å². The van der Waals surface area contributed by atoms with E-state index in [1.54, 1.807) is 31.1 Å². The quantitative estimate of drug-likeness (QED) is 0.499. The molecule has 0 atom stereocenters. The summed E-state index contributed by atoms with van der Waals surface area (Å²) in [6.45, 7) is 2.74. The van der Waals surface area contributed by atoms with Crippen molar-refractivity contribution in [1.82, 2.24) is 4.81 Å². The summed E-state index contributed by atoms with van der Waals surface area (Å²) in [7, 11) is -6.33. The van der Waals surface area contributed by atoms with Gasteiger partial charge in [0.1, 0.15) is 5.76 Å². The van der Waals surface area contributed by atoms with Gasteiger partial charge < -0.3 is 14.0 Å². The van der Waals surface area contributed by atoms with Crippen molar-refractivity contribution in [3.8, 4) is 0 Å². The maximum absolute atomic E-state index is 12.7. The summed E-state index contributed by atoms with van der Waals surface area (Å²) in [5, 5.41) is 9.68. The first-order valence-electron chi connectivity index (χ1n) is 7.81. The summed E-state index contributed by atoms with van der Waals surface area (Å²) >= 11 is 0. The molecule has 0 saturated carbocycles. The molecule has 3 rings (SSSR count). The molecular formula is C15H17BF3NO4S. The van der Waals surface area contributed by atoms with E-state index in [9.17, 15) is 26.6 Å². The van der Waals surface area contributed by atoms with Crippen LogP contribution in [-0.4, -0.2) is 43.9 Å². The fraction of sp³-hybridized carbons (Fsp3) is 0.467. The zero-order chi connectivity index (χ0) is 18.5. The molecule has 0 amide bonds. The lowest BCUT2D eigenvalue weighted by molar-refractivity contribution is -0.0509. The van der Waals surface area contributed by atoms with Crippen LogP contribution in [0.3, 0.4) is 0 Å². The number of nitrogens with zero attached hydrogens (tertiary/aromatic N) is 1. The molecule has 1 fully saturated rings. The highest BCUT2D eigenvalue weighted by Gasteiger charge is 2.51. The second kappa shape index (κ2) is 6.03. The second-order valence-corrected chi connectivity index (χ2v) is 7.90. The molecule has 25 heavy (non-hydrogen) atoms. The van der Waals surface area contributed by atoms with Crippen molar-refractivity contribution >= 4 is 22.9 Å². The zero-order valence-electron chi connectivity index (χ0n) is 13.5. The average Bonchev–Trinajstić information content (AvgIpc) is 2.80. The average molecular weight is 375 g/mol. The van der Waals surface area contributed by atoms with Crippen LogP contribution in [0, 0.1) is 0 Å². The van der Waals surface area contributed by atoms with Crippen LogP contribution >= 0.6 is 0 Å². The van der Waals surface area contributed by atoms with Gasteiger partial charge in [0.05, 0.1) is 0 Å². The summed E-state index contributed by atoms with van der Waals surface area (Å²) in [6, 6.07) is 6.72. The van der Waals surface area contributed by atoms with Gasteiger partial charge in [0.2, 0.25) is 0 Å². The third-order valence-corrected chi connectivity index (χ3v) is 5.80.